The fourth-order valence-corrected chi connectivity index (χ4v) is 1.37. The van der Waals surface area contributed by atoms with Gasteiger partial charge in [-0.25, -0.2) is 0 Å². The van der Waals surface area contributed by atoms with Gasteiger partial charge in [0, 0.05) is 25.0 Å². The number of hydrogen-bond donors (Lipinski definition) is 2. The highest BCUT2D eigenvalue weighted by molar-refractivity contribution is 6.30. The van der Waals surface area contributed by atoms with Crippen molar-refractivity contribution in [1.29, 1.82) is 0 Å². The average Bonchev–Trinajstić information content (AvgIpc) is 2.15. The van der Waals surface area contributed by atoms with Crippen molar-refractivity contribution < 1.29 is 4.79 Å². The van der Waals surface area contributed by atoms with Crippen molar-refractivity contribution in [3.63, 3.8) is 0 Å². The van der Waals surface area contributed by atoms with Crippen LogP contribution in [0.5, 0.6) is 0 Å². The van der Waals surface area contributed by atoms with Crippen LogP contribution in [0.25, 0.3) is 0 Å². The third-order valence-electron chi connectivity index (χ3n) is 1.92. The fourth-order valence-electron chi connectivity index (χ4n) is 1.18. The lowest BCUT2D eigenvalue weighted by atomic mass is 10.1. The highest BCUT2D eigenvalue weighted by atomic mass is 35.5. The number of benzene rings is 1. The standard InChI is InChI=1S/C10H13ClN2O/c1-7(14)13-6-9-4-10(11)3-2-8(9)5-12/h2-4H,5-6,12H2,1H3,(H,13,14). The van der Waals surface area contributed by atoms with E-state index in [4.69, 9.17) is 17.3 Å². The molecule has 0 radical (unpaired) electrons. The highest BCUT2D eigenvalue weighted by Crippen LogP contribution is 2.15. The molecule has 0 spiro atoms. The third kappa shape index (κ3) is 3.01. The Kier molecular flexibility index (Phi) is 3.92. The normalized spacial score (nSPS) is 9.93. The Morgan fingerprint density at radius 3 is 2.79 bits per heavy atom. The summed E-state index contributed by atoms with van der Waals surface area (Å²) in [6, 6.07) is 5.49. The van der Waals surface area contributed by atoms with E-state index >= 15 is 0 Å². The minimum atomic E-state index is -0.0621. The molecule has 0 unspecified atom stereocenters. The number of hydrogen-bond acceptors (Lipinski definition) is 2. The average molecular weight is 213 g/mol. The number of rotatable bonds is 3. The second kappa shape index (κ2) is 4.98. The van der Waals surface area contributed by atoms with Gasteiger partial charge in [-0.15, -0.1) is 0 Å². The number of nitrogens with two attached hydrogens (primary N) is 1. The lowest BCUT2D eigenvalue weighted by molar-refractivity contribution is -0.119. The van der Waals surface area contributed by atoms with Gasteiger partial charge in [0.25, 0.3) is 0 Å². The zero-order valence-electron chi connectivity index (χ0n) is 8.01. The molecule has 1 aromatic carbocycles. The smallest absolute Gasteiger partial charge is 0.217 e. The predicted octanol–water partition coefficient (Wildman–Crippen LogP) is 1.43. The lowest BCUT2D eigenvalue weighted by Gasteiger charge is -2.08. The minimum Gasteiger partial charge on any atom is -0.352 e. The van der Waals surface area contributed by atoms with Crippen LogP contribution in [-0.4, -0.2) is 5.91 Å². The Morgan fingerprint density at radius 2 is 2.21 bits per heavy atom. The molecule has 0 saturated heterocycles. The Morgan fingerprint density at radius 1 is 1.50 bits per heavy atom. The first-order valence-electron chi connectivity index (χ1n) is 4.35. The molecule has 0 aliphatic carbocycles. The zero-order chi connectivity index (χ0) is 10.6. The maximum absolute atomic E-state index is 10.7. The SMILES string of the molecule is CC(=O)NCc1cc(Cl)ccc1CN. The van der Waals surface area contributed by atoms with Crippen LogP contribution in [0.2, 0.25) is 5.02 Å². The molecule has 76 valence electrons. The monoisotopic (exact) mass is 212 g/mol. The van der Waals surface area contributed by atoms with Crippen LogP contribution in [0.4, 0.5) is 0 Å². The summed E-state index contributed by atoms with van der Waals surface area (Å²) in [6.07, 6.45) is 0. The van der Waals surface area contributed by atoms with Gasteiger partial charge in [-0.05, 0) is 23.3 Å². The first-order chi connectivity index (χ1) is 6.63. The molecule has 4 heteroatoms. The van der Waals surface area contributed by atoms with Crippen molar-refractivity contribution in [3.05, 3.63) is 34.3 Å². The van der Waals surface area contributed by atoms with Gasteiger partial charge in [0.2, 0.25) is 5.91 Å². The maximum atomic E-state index is 10.7. The molecule has 1 amide bonds. The van der Waals surface area contributed by atoms with E-state index in [1.165, 1.54) is 6.92 Å². The quantitative estimate of drug-likeness (QED) is 0.797. The molecule has 0 aromatic heterocycles. The first kappa shape index (κ1) is 11.0. The summed E-state index contributed by atoms with van der Waals surface area (Å²) < 4.78 is 0. The summed E-state index contributed by atoms with van der Waals surface area (Å²) >= 11 is 5.84. The Balaban J connectivity index is 2.82. The number of halogens is 1. The molecule has 0 saturated carbocycles. The molecular formula is C10H13ClN2O. The van der Waals surface area contributed by atoms with E-state index < -0.39 is 0 Å². The Labute approximate surface area is 88.2 Å². The van der Waals surface area contributed by atoms with Gasteiger partial charge in [0.1, 0.15) is 0 Å². The molecule has 0 fully saturated rings. The molecule has 0 aliphatic heterocycles. The van der Waals surface area contributed by atoms with Gasteiger partial charge in [-0.2, -0.15) is 0 Å². The van der Waals surface area contributed by atoms with E-state index in [-0.39, 0.29) is 5.91 Å². The Hall–Kier alpha value is -1.06. The topological polar surface area (TPSA) is 55.1 Å². The molecule has 0 aliphatic rings. The van der Waals surface area contributed by atoms with Crippen LogP contribution in [0, 0.1) is 0 Å². The molecule has 1 rings (SSSR count). The number of carbonyl (C=O) groups excluding carboxylic acids is 1. The predicted molar refractivity (Wildman–Crippen MR) is 56.9 cm³/mol. The molecule has 0 bridgehead atoms. The van der Waals surface area contributed by atoms with E-state index in [0.29, 0.717) is 18.1 Å². The van der Waals surface area contributed by atoms with Crippen molar-refractivity contribution >= 4 is 17.5 Å². The van der Waals surface area contributed by atoms with E-state index in [1.807, 2.05) is 12.1 Å². The van der Waals surface area contributed by atoms with E-state index in [2.05, 4.69) is 5.32 Å². The van der Waals surface area contributed by atoms with Crippen LogP contribution in [0.1, 0.15) is 18.1 Å². The number of amides is 1. The van der Waals surface area contributed by atoms with E-state index in [1.54, 1.807) is 6.07 Å². The number of nitrogens with one attached hydrogen (secondary N) is 1. The molecule has 1 aromatic rings. The summed E-state index contributed by atoms with van der Waals surface area (Å²) in [4.78, 5) is 10.7. The first-order valence-corrected chi connectivity index (χ1v) is 4.73. The summed E-state index contributed by atoms with van der Waals surface area (Å²) in [6.45, 7) is 2.40. The lowest BCUT2D eigenvalue weighted by Crippen LogP contribution is -2.20. The van der Waals surface area contributed by atoms with Gasteiger partial charge in [0.15, 0.2) is 0 Å². The largest absolute Gasteiger partial charge is 0.352 e. The van der Waals surface area contributed by atoms with Crippen LogP contribution in [0.3, 0.4) is 0 Å². The van der Waals surface area contributed by atoms with Crippen molar-refractivity contribution in [1.82, 2.24) is 5.32 Å². The molecule has 0 heterocycles. The van der Waals surface area contributed by atoms with Gasteiger partial charge in [-0.1, -0.05) is 17.7 Å². The second-order valence-electron chi connectivity index (χ2n) is 3.03. The van der Waals surface area contributed by atoms with Crippen LogP contribution in [0.15, 0.2) is 18.2 Å². The summed E-state index contributed by atoms with van der Waals surface area (Å²) in [7, 11) is 0. The summed E-state index contributed by atoms with van der Waals surface area (Å²) in [5.41, 5.74) is 7.52. The Bertz CT molecular complexity index is 339. The van der Waals surface area contributed by atoms with Gasteiger partial charge in [-0.3, -0.25) is 4.79 Å². The van der Waals surface area contributed by atoms with Crippen LogP contribution < -0.4 is 11.1 Å². The summed E-state index contributed by atoms with van der Waals surface area (Å²) in [5.74, 6) is -0.0621. The highest BCUT2D eigenvalue weighted by Gasteiger charge is 2.02. The number of carbonyl (C=O) groups is 1. The van der Waals surface area contributed by atoms with Crippen molar-refractivity contribution in [3.8, 4) is 0 Å². The summed E-state index contributed by atoms with van der Waals surface area (Å²) in [5, 5.41) is 3.37. The van der Waals surface area contributed by atoms with Crippen molar-refractivity contribution in [2.75, 3.05) is 0 Å². The molecule has 3 N–H and O–H groups in total. The van der Waals surface area contributed by atoms with Crippen molar-refractivity contribution in [2.45, 2.75) is 20.0 Å². The van der Waals surface area contributed by atoms with Crippen molar-refractivity contribution in [2.24, 2.45) is 5.73 Å². The van der Waals surface area contributed by atoms with Crippen LogP contribution >= 0.6 is 11.6 Å². The van der Waals surface area contributed by atoms with Gasteiger partial charge in [0.05, 0.1) is 0 Å². The molecular weight excluding hydrogens is 200 g/mol. The van der Waals surface area contributed by atoms with E-state index in [0.717, 1.165) is 11.1 Å². The third-order valence-corrected chi connectivity index (χ3v) is 2.15. The van der Waals surface area contributed by atoms with Gasteiger partial charge < -0.3 is 11.1 Å². The maximum Gasteiger partial charge on any atom is 0.217 e. The molecule has 3 nitrogen and oxygen atoms in total. The minimum absolute atomic E-state index is 0.0621. The van der Waals surface area contributed by atoms with Crippen LogP contribution in [-0.2, 0) is 17.9 Å². The van der Waals surface area contributed by atoms with E-state index in [9.17, 15) is 4.79 Å². The second-order valence-corrected chi connectivity index (χ2v) is 3.46. The zero-order valence-corrected chi connectivity index (χ0v) is 8.77. The fraction of sp³-hybridized carbons (Fsp3) is 0.300. The molecule has 14 heavy (non-hydrogen) atoms. The van der Waals surface area contributed by atoms with Gasteiger partial charge >= 0.3 is 0 Å². The molecule has 0 atom stereocenters.